The molecule has 1 N–H and O–H groups in total. The summed E-state index contributed by atoms with van der Waals surface area (Å²) >= 11 is 0. The summed E-state index contributed by atoms with van der Waals surface area (Å²) in [6, 6.07) is 9.25. The van der Waals surface area contributed by atoms with E-state index >= 15 is 0 Å². The van der Waals surface area contributed by atoms with Crippen LogP contribution in [0.5, 0.6) is 0 Å². The van der Waals surface area contributed by atoms with Crippen LogP contribution in [0.25, 0.3) is 0 Å². The van der Waals surface area contributed by atoms with E-state index in [0.29, 0.717) is 6.04 Å². The van der Waals surface area contributed by atoms with Gasteiger partial charge in [0.25, 0.3) is 0 Å². The lowest BCUT2D eigenvalue weighted by molar-refractivity contribution is 0.586. The molecule has 0 aliphatic heterocycles. The average molecular weight is 234 g/mol. The Bertz CT molecular complexity index is 314. The number of hydrogen-bond donors (Lipinski definition) is 1. The fourth-order valence-electron chi connectivity index (χ4n) is 2.10. The Balaban J connectivity index is 2.67. The van der Waals surface area contributed by atoms with E-state index < -0.39 is 0 Å². The van der Waals surface area contributed by atoms with Crippen molar-refractivity contribution in [2.45, 2.75) is 45.6 Å². The third kappa shape index (κ3) is 4.68. The van der Waals surface area contributed by atoms with E-state index in [0.717, 1.165) is 0 Å². The van der Waals surface area contributed by atoms with E-state index in [1.165, 1.54) is 37.1 Å². The largest absolute Gasteiger partial charge is 0.382 e. The molecule has 0 atom stereocenters. The van der Waals surface area contributed by atoms with Crippen LogP contribution in [0.4, 0.5) is 11.4 Å². The third-order valence-corrected chi connectivity index (χ3v) is 3.01. The van der Waals surface area contributed by atoms with Gasteiger partial charge in [0.2, 0.25) is 0 Å². The van der Waals surface area contributed by atoms with Gasteiger partial charge in [-0.3, -0.25) is 0 Å². The van der Waals surface area contributed by atoms with E-state index in [1.807, 2.05) is 0 Å². The standard InChI is InChI=1S/C15H26N2/c1-5-8-13(9-6-2)16-14-10-7-11-15(12-14)17(3)4/h7,10-13,16H,5-6,8-9H2,1-4H3. The molecule has 0 heterocycles. The molecule has 0 saturated carbocycles. The zero-order chi connectivity index (χ0) is 12.7. The first-order chi connectivity index (χ1) is 8.17. The van der Waals surface area contributed by atoms with Crippen molar-refractivity contribution in [2.24, 2.45) is 0 Å². The van der Waals surface area contributed by atoms with Crippen LogP contribution in [0.15, 0.2) is 24.3 Å². The van der Waals surface area contributed by atoms with Crippen molar-refractivity contribution in [3.63, 3.8) is 0 Å². The lowest BCUT2D eigenvalue weighted by Crippen LogP contribution is -2.19. The predicted molar refractivity (Wildman–Crippen MR) is 78.0 cm³/mol. The van der Waals surface area contributed by atoms with Crippen LogP contribution in [0.3, 0.4) is 0 Å². The second kappa shape index (κ2) is 7.21. The monoisotopic (exact) mass is 234 g/mol. The normalized spacial score (nSPS) is 10.6. The Kier molecular flexibility index (Phi) is 5.88. The maximum atomic E-state index is 3.65. The average Bonchev–Trinajstić information content (AvgIpc) is 2.30. The Morgan fingerprint density at radius 3 is 2.29 bits per heavy atom. The Hall–Kier alpha value is -1.18. The molecule has 0 radical (unpaired) electrons. The van der Waals surface area contributed by atoms with Gasteiger partial charge in [-0.25, -0.2) is 0 Å². The van der Waals surface area contributed by atoms with Crippen LogP contribution in [-0.4, -0.2) is 20.1 Å². The fraction of sp³-hybridized carbons (Fsp3) is 0.600. The van der Waals surface area contributed by atoms with E-state index in [2.05, 4.69) is 62.4 Å². The zero-order valence-electron chi connectivity index (χ0n) is 11.7. The van der Waals surface area contributed by atoms with Crippen molar-refractivity contribution in [3.8, 4) is 0 Å². The highest BCUT2D eigenvalue weighted by Gasteiger charge is 2.06. The molecule has 96 valence electrons. The minimum atomic E-state index is 0.613. The first kappa shape index (κ1) is 13.9. The quantitative estimate of drug-likeness (QED) is 0.763. The van der Waals surface area contributed by atoms with Crippen LogP contribution in [-0.2, 0) is 0 Å². The first-order valence-corrected chi connectivity index (χ1v) is 6.71. The summed E-state index contributed by atoms with van der Waals surface area (Å²) in [6.45, 7) is 4.50. The number of hydrogen-bond acceptors (Lipinski definition) is 2. The predicted octanol–water partition coefficient (Wildman–Crippen LogP) is 4.13. The lowest BCUT2D eigenvalue weighted by Gasteiger charge is -2.20. The number of anilines is 2. The summed E-state index contributed by atoms with van der Waals surface area (Å²) in [5, 5.41) is 3.65. The van der Waals surface area contributed by atoms with E-state index in [-0.39, 0.29) is 0 Å². The maximum absolute atomic E-state index is 3.65. The molecule has 0 unspecified atom stereocenters. The molecule has 0 aromatic heterocycles. The second-order valence-electron chi connectivity index (χ2n) is 4.86. The van der Waals surface area contributed by atoms with Crippen molar-refractivity contribution in [1.82, 2.24) is 0 Å². The Morgan fingerprint density at radius 2 is 1.76 bits per heavy atom. The molecule has 0 amide bonds. The molecular formula is C15H26N2. The Morgan fingerprint density at radius 1 is 1.12 bits per heavy atom. The molecule has 0 aliphatic rings. The van der Waals surface area contributed by atoms with Crippen LogP contribution in [0, 0.1) is 0 Å². The van der Waals surface area contributed by atoms with Gasteiger partial charge in [-0.2, -0.15) is 0 Å². The molecule has 0 aliphatic carbocycles. The minimum absolute atomic E-state index is 0.613. The van der Waals surface area contributed by atoms with Crippen molar-refractivity contribution < 1.29 is 0 Å². The van der Waals surface area contributed by atoms with Crippen molar-refractivity contribution in [3.05, 3.63) is 24.3 Å². The molecule has 1 aromatic carbocycles. The fourth-order valence-corrected chi connectivity index (χ4v) is 2.10. The van der Waals surface area contributed by atoms with Crippen LogP contribution < -0.4 is 10.2 Å². The van der Waals surface area contributed by atoms with Gasteiger partial charge in [-0.1, -0.05) is 32.8 Å². The number of nitrogens with one attached hydrogen (secondary N) is 1. The van der Waals surface area contributed by atoms with Gasteiger partial charge in [-0.05, 0) is 31.0 Å². The summed E-state index contributed by atoms with van der Waals surface area (Å²) in [6.07, 6.45) is 4.98. The molecule has 2 heteroatoms. The molecule has 1 rings (SSSR count). The topological polar surface area (TPSA) is 15.3 Å². The van der Waals surface area contributed by atoms with Gasteiger partial charge >= 0.3 is 0 Å². The van der Waals surface area contributed by atoms with Crippen LogP contribution >= 0.6 is 0 Å². The highest BCUT2D eigenvalue weighted by atomic mass is 15.1. The molecular weight excluding hydrogens is 208 g/mol. The summed E-state index contributed by atoms with van der Waals surface area (Å²) < 4.78 is 0. The van der Waals surface area contributed by atoms with Gasteiger partial charge in [0.05, 0.1) is 0 Å². The van der Waals surface area contributed by atoms with Crippen LogP contribution in [0.1, 0.15) is 39.5 Å². The summed E-state index contributed by atoms with van der Waals surface area (Å²) in [5.74, 6) is 0. The van der Waals surface area contributed by atoms with Gasteiger partial charge in [0.1, 0.15) is 0 Å². The molecule has 2 nitrogen and oxygen atoms in total. The Labute approximate surface area is 106 Å². The number of benzene rings is 1. The minimum Gasteiger partial charge on any atom is -0.382 e. The van der Waals surface area contributed by atoms with Gasteiger partial charge in [0, 0.05) is 31.5 Å². The van der Waals surface area contributed by atoms with Crippen molar-refractivity contribution >= 4 is 11.4 Å². The zero-order valence-corrected chi connectivity index (χ0v) is 11.7. The molecule has 0 spiro atoms. The van der Waals surface area contributed by atoms with Crippen LogP contribution in [0.2, 0.25) is 0 Å². The second-order valence-corrected chi connectivity index (χ2v) is 4.86. The van der Waals surface area contributed by atoms with E-state index in [9.17, 15) is 0 Å². The van der Waals surface area contributed by atoms with E-state index in [4.69, 9.17) is 0 Å². The molecule has 1 aromatic rings. The third-order valence-electron chi connectivity index (χ3n) is 3.01. The van der Waals surface area contributed by atoms with Crippen molar-refractivity contribution in [2.75, 3.05) is 24.3 Å². The van der Waals surface area contributed by atoms with Gasteiger partial charge in [-0.15, -0.1) is 0 Å². The molecule has 0 saturated heterocycles. The summed E-state index contributed by atoms with van der Waals surface area (Å²) in [4.78, 5) is 2.14. The SMILES string of the molecule is CCCC(CCC)Nc1cccc(N(C)C)c1. The first-order valence-electron chi connectivity index (χ1n) is 6.71. The van der Waals surface area contributed by atoms with Gasteiger partial charge < -0.3 is 10.2 Å². The number of nitrogens with zero attached hydrogens (tertiary/aromatic N) is 1. The van der Waals surface area contributed by atoms with Crippen molar-refractivity contribution in [1.29, 1.82) is 0 Å². The summed E-state index contributed by atoms with van der Waals surface area (Å²) in [5.41, 5.74) is 2.49. The maximum Gasteiger partial charge on any atom is 0.0381 e. The van der Waals surface area contributed by atoms with Gasteiger partial charge in [0.15, 0.2) is 0 Å². The van der Waals surface area contributed by atoms with E-state index in [1.54, 1.807) is 0 Å². The lowest BCUT2D eigenvalue weighted by atomic mass is 10.1. The number of rotatable bonds is 7. The summed E-state index contributed by atoms with van der Waals surface area (Å²) in [7, 11) is 4.16. The highest BCUT2D eigenvalue weighted by molar-refractivity contribution is 5.57. The molecule has 0 fully saturated rings. The molecule has 0 bridgehead atoms. The highest BCUT2D eigenvalue weighted by Crippen LogP contribution is 2.20. The smallest absolute Gasteiger partial charge is 0.0381 e. The molecule has 17 heavy (non-hydrogen) atoms.